The fourth-order valence-corrected chi connectivity index (χ4v) is 3.76. The molecular formula is C16H21FN2O2. The van der Waals surface area contributed by atoms with Gasteiger partial charge in [0.25, 0.3) is 0 Å². The largest absolute Gasteiger partial charge is 0.391 e. The summed E-state index contributed by atoms with van der Waals surface area (Å²) in [5, 5.41) is 13.2. The highest BCUT2D eigenvalue weighted by Gasteiger charge is 2.46. The number of rotatable bonds is 3. The van der Waals surface area contributed by atoms with Crippen LogP contribution >= 0.6 is 0 Å². The molecule has 114 valence electrons. The molecule has 5 heteroatoms. The lowest BCUT2D eigenvalue weighted by atomic mass is 9.96. The molecule has 2 fully saturated rings. The molecule has 0 aliphatic carbocycles. The van der Waals surface area contributed by atoms with Crippen LogP contribution in [0.2, 0.25) is 0 Å². The van der Waals surface area contributed by atoms with E-state index in [0.29, 0.717) is 0 Å². The van der Waals surface area contributed by atoms with Crippen LogP contribution in [0.4, 0.5) is 4.39 Å². The highest BCUT2D eigenvalue weighted by Crippen LogP contribution is 2.37. The maximum Gasteiger partial charge on any atom is 0.217 e. The van der Waals surface area contributed by atoms with Crippen molar-refractivity contribution < 1.29 is 14.3 Å². The first-order valence-electron chi connectivity index (χ1n) is 7.48. The quantitative estimate of drug-likeness (QED) is 0.886. The molecule has 0 saturated carbocycles. The number of hydrogen-bond donors (Lipinski definition) is 2. The molecular weight excluding hydrogens is 271 g/mol. The number of piperidine rings is 1. The van der Waals surface area contributed by atoms with Crippen LogP contribution in [-0.2, 0) is 11.3 Å². The smallest absolute Gasteiger partial charge is 0.217 e. The fourth-order valence-electron chi connectivity index (χ4n) is 3.76. The Kier molecular flexibility index (Phi) is 3.95. The summed E-state index contributed by atoms with van der Waals surface area (Å²) in [6, 6.07) is 7.03. The summed E-state index contributed by atoms with van der Waals surface area (Å²) in [6.07, 6.45) is 2.06. The van der Waals surface area contributed by atoms with Crippen molar-refractivity contribution in [2.24, 2.45) is 0 Å². The number of halogens is 1. The van der Waals surface area contributed by atoms with Gasteiger partial charge in [0.05, 0.1) is 6.10 Å². The minimum absolute atomic E-state index is 0.0131. The first kappa shape index (κ1) is 14.5. The van der Waals surface area contributed by atoms with E-state index in [4.69, 9.17) is 0 Å². The van der Waals surface area contributed by atoms with Crippen molar-refractivity contribution in [3.8, 4) is 0 Å². The molecule has 1 amide bonds. The van der Waals surface area contributed by atoms with Crippen molar-refractivity contribution in [2.75, 3.05) is 0 Å². The highest BCUT2D eigenvalue weighted by molar-refractivity contribution is 5.73. The minimum atomic E-state index is -0.339. The van der Waals surface area contributed by atoms with E-state index < -0.39 is 0 Å². The number of hydrogen-bond acceptors (Lipinski definition) is 3. The SMILES string of the molecule is CC(=O)NC1CC2CC(O)C(C1)N2Cc1ccc(F)cc1. The van der Waals surface area contributed by atoms with E-state index in [2.05, 4.69) is 10.2 Å². The zero-order valence-electron chi connectivity index (χ0n) is 12.1. The Labute approximate surface area is 124 Å². The lowest BCUT2D eigenvalue weighted by molar-refractivity contribution is -0.120. The molecule has 2 saturated heterocycles. The molecule has 2 bridgehead atoms. The zero-order chi connectivity index (χ0) is 15.0. The number of nitrogens with one attached hydrogen (secondary N) is 1. The number of carbonyl (C=O) groups excluding carboxylic acids is 1. The van der Waals surface area contributed by atoms with Gasteiger partial charge in [0.15, 0.2) is 0 Å². The van der Waals surface area contributed by atoms with E-state index in [1.165, 1.54) is 19.1 Å². The first-order chi connectivity index (χ1) is 10.0. The number of benzene rings is 1. The van der Waals surface area contributed by atoms with E-state index in [-0.39, 0.29) is 36.0 Å². The number of aliphatic hydroxyl groups excluding tert-OH is 1. The van der Waals surface area contributed by atoms with E-state index in [1.807, 2.05) is 0 Å². The van der Waals surface area contributed by atoms with Crippen LogP contribution < -0.4 is 5.32 Å². The molecule has 4 atom stereocenters. The van der Waals surface area contributed by atoms with Gasteiger partial charge in [-0.15, -0.1) is 0 Å². The van der Waals surface area contributed by atoms with Crippen molar-refractivity contribution in [3.05, 3.63) is 35.6 Å². The van der Waals surface area contributed by atoms with Gasteiger partial charge in [-0.3, -0.25) is 9.69 Å². The summed E-state index contributed by atoms with van der Waals surface area (Å²) >= 11 is 0. The predicted molar refractivity (Wildman–Crippen MR) is 77.0 cm³/mol. The third-order valence-electron chi connectivity index (χ3n) is 4.62. The predicted octanol–water partition coefficient (Wildman–Crippen LogP) is 1.43. The summed E-state index contributed by atoms with van der Waals surface area (Å²) < 4.78 is 13.0. The van der Waals surface area contributed by atoms with Crippen LogP contribution in [0.25, 0.3) is 0 Å². The first-order valence-corrected chi connectivity index (χ1v) is 7.48. The van der Waals surface area contributed by atoms with Gasteiger partial charge in [-0.1, -0.05) is 12.1 Å². The third kappa shape index (κ3) is 3.09. The summed E-state index contributed by atoms with van der Waals surface area (Å²) in [6.45, 7) is 2.25. The Hall–Kier alpha value is -1.46. The maximum atomic E-state index is 13.0. The van der Waals surface area contributed by atoms with Gasteiger partial charge in [0.1, 0.15) is 5.82 Å². The molecule has 0 aromatic heterocycles. The van der Waals surface area contributed by atoms with Gasteiger partial charge in [-0.05, 0) is 37.0 Å². The van der Waals surface area contributed by atoms with Gasteiger partial charge in [0, 0.05) is 31.6 Å². The molecule has 0 radical (unpaired) electrons. The van der Waals surface area contributed by atoms with E-state index >= 15 is 0 Å². The topological polar surface area (TPSA) is 52.6 Å². The molecule has 4 unspecified atom stereocenters. The molecule has 2 N–H and O–H groups in total. The van der Waals surface area contributed by atoms with E-state index in [0.717, 1.165) is 31.4 Å². The highest BCUT2D eigenvalue weighted by atomic mass is 19.1. The Morgan fingerprint density at radius 2 is 2.05 bits per heavy atom. The average Bonchev–Trinajstić information content (AvgIpc) is 2.59. The molecule has 2 heterocycles. The summed E-state index contributed by atoms with van der Waals surface area (Å²) in [4.78, 5) is 13.5. The lowest BCUT2D eigenvalue weighted by Gasteiger charge is -2.39. The molecule has 2 aliphatic heterocycles. The van der Waals surface area contributed by atoms with Crippen molar-refractivity contribution in [1.29, 1.82) is 0 Å². The summed E-state index contributed by atoms with van der Waals surface area (Å²) in [5.41, 5.74) is 1.05. The van der Waals surface area contributed by atoms with Gasteiger partial charge < -0.3 is 10.4 Å². The second-order valence-electron chi connectivity index (χ2n) is 6.19. The van der Waals surface area contributed by atoms with Crippen LogP contribution in [0.1, 0.15) is 31.7 Å². The van der Waals surface area contributed by atoms with Crippen LogP contribution in [0.5, 0.6) is 0 Å². The molecule has 4 nitrogen and oxygen atoms in total. The number of amides is 1. The fraction of sp³-hybridized carbons (Fsp3) is 0.562. The molecule has 21 heavy (non-hydrogen) atoms. The van der Waals surface area contributed by atoms with Gasteiger partial charge in [0.2, 0.25) is 5.91 Å². The molecule has 0 spiro atoms. The third-order valence-corrected chi connectivity index (χ3v) is 4.62. The van der Waals surface area contributed by atoms with Gasteiger partial charge in [-0.25, -0.2) is 4.39 Å². The number of aliphatic hydroxyl groups is 1. The van der Waals surface area contributed by atoms with Gasteiger partial charge in [-0.2, -0.15) is 0 Å². The molecule has 2 aliphatic rings. The monoisotopic (exact) mass is 292 g/mol. The molecule has 3 rings (SSSR count). The van der Waals surface area contributed by atoms with Crippen molar-refractivity contribution in [3.63, 3.8) is 0 Å². The summed E-state index contributed by atoms with van der Waals surface area (Å²) in [5.74, 6) is -0.244. The second kappa shape index (κ2) is 5.73. The standard InChI is InChI=1S/C16H21FN2O2/c1-10(20)18-13-6-14-8-16(21)15(7-13)19(14)9-11-2-4-12(17)5-3-11/h2-5,13-16,21H,6-9H2,1H3,(H,18,20). The summed E-state index contributed by atoms with van der Waals surface area (Å²) in [7, 11) is 0. The Bertz CT molecular complexity index is 520. The Morgan fingerprint density at radius 3 is 2.67 bits per heavy atom. The van der Waals surface area contributed by atoms with Crippen LogP contribution in [-0.4, -0.2) is 40.1 Å². The minimum Gasteiger partial charge on any atom is -0.391 e. The van der Waals surface area contributed by atoms with Crippen molar-refractivity contribution in [2.45, 2.75) is 57.0 Å². The number of fused-ring (bicyclic) bond motifs is 2. The van der Waals surface area contributed by atoms with E-state index in [9.17, 15) is 14.3 Å². The average molecular weight is 292 g/mol. The number of carbonyl (C=O) groups is 1. The van der Waals surface area contributed by atoms with Crippen LogP contribution in [0.3, 0.4) is 0 Å². The number of nitrogens with zero attached hydrogens (tertiary/aromatic N) is 1. The Morgan fingerprint density at radius 1 is 1.33 bits per heavy atom. The maximum absolute atomic E-state index is 13.0. The van der Waals surface area contributed by atoms with Gasteiger partial charge >= 0.3 is 0 Å². The van der Waals surface area contributed by atoms with Crippen molar-refractivity contribution in [1.82, 2.24) is 10.2 Å². The molecule has 1 aromatic carbocycles. The lowest BCUT2D eigenvalue weighted by Crippen LogP contribution is -2.51. The van der Waals surface area contributed by atoms with Crippen molar-refractivity contribution >= 4 is 5.91 Å². The van der Waals surface area contributed by atoms with E-state index in [1.54, 1.807) is 12.1 Å². The molecule has 1 aromatic rings. The van der Waals surface area contributed by atoms with Crippen LogP contribution in [0, 0.1) is 5.82 Å². The zero-order valence-corrected chi connectivity index (χ0v) is 12.1. The normalized spacial score (nSPS) is 32.1. The van der Waals surface area contributed by atoms with Crippen LogP contribution in [0.15, 0.2) is 24.3 Å². The Balaban J connectivity index is 1.70. The second-order valence-corrected chi connectivity index (χ2v) is 6.19.